The van der Waals surface area contributed by atoms with Crippen LogP contribution in [-0.2, 0) is 33.0 Å². The standard InChI is InChI=1S/C44H48ClN5O5Si/c1-29-42(56(3,4)35-18-16-34(54-2)17-19-35)40(21-23-48-27-38(46-47-48)36(28-51)31-11-6-5-7-12-31)55-44(29)37-25-32(45)15-20-39(37)50(43(44)53)26-30-10-8-13-33(24-30)49-22-9-14-41(49)52/h5-8,10-13,15-20,24-25,27,29,36,40,42,51H,9,14,21-23,26,28H2,1-4H3/t29-,36?,40+,42-,44+/m1/s1. The topological polar surface area (TPSA) is 110 Å². The van der Waals surface area contributed by atoms with E-state index in [1.165, 1.54) is 5.19 Å². The molecule has 3 aliphatic heterocycles. The molecule has 0 saturated carbocycles. The van der Waals surface area contributed by atoms with Crippen molar-refractivity contribution in [1.82, 2.24) is 15.0 Å². The van der Waals surface area contributed by atoms with Gasteiger partial charge in [0.15, 0.2) is 5.60 Å². The van der Waals surface area contributed by atoms with Crippen LogP contribution in [0, 0.1) is 5.92 Å². The van der Waals surface area contributed by atoms with Crippen LogP contribution in [0.1, 0.15) is 54.5 Å². The number of aliphatic hydroxyl groups excluding tert-OH is 1. The molecule has 2 saturated heterocycles. The third kappa shape index (κ3) is 6.64. The van der Waals surface area contributed by atoms with Gasteiger partial charge >= 0.3 is 0 Å². The number of carbonyl (C=O) groups excluding carboxylic acids is 2. The third-order valence-corrected chi connectivity index (χ3v) is 17.0. The smallest absolute Gasteiger partial charge is 0.264 e. The number of benzene rings is 4. The van der Waals surface area contributed by atoms with Gasteiger partial charge in [0.2, 0.25) is 5.91 Å². The Morgan fingerprint density at radius 1 is 1.02 bits per heavy atom. The van der Waals surface area contributed by atoms with Crippen molar-refractivity contribution in [3.63, 3.8) is 0 Å². The molecule has 5 aromatic rings. The van der Waals surface area contributed by atoms with Crippen LogP contribution >= 0.6 is 11.6 Å². The van der Waals surface area contributed by atoms with E-state index < -0.39 is 13.7 Å². The van der Waals surface area contributed by atoms with Gasteiger partial charge < -0.3 is 24.4 Å². The molecule has 0 radical (unpaired) electrons. The van der Waals surface area contributed by atoms with E-state index in [0.29, 0.717) is 43.2 Å². The number of aromatic nitrogens is 3. The van der Waals surface area contributed by atoms with Crippen molar-refractivity contribution in [3.05, 3.63) is 131 Å². The highest BCUT2D eigenvalue weighted by Crippen LogP contribution is 2.60. The second kappa shape index (κ2) is 15.3. The molecule has 8 rings (SSSR count). The number of amides is 2. The number of fused-ring (bicyclic) bond motifs is 2. The van der Waals surface area contributed by atoms with Crippen molar-refractivity contribution in [2.45, 2.75) is 75.5 Å². The van der Waals surface area contributed by atoms with E-state index in [9.17, 15) is 9.90 Å². The Bertz CT molecular complexity index is 2230. The zero-order chi connectivity index (χ0) is 39.2. The number of anilines is 2. The van der Waals surface area contributed by atoms with Gasteiger partial charge in [-0.15, -0.1) is 5.10 Å². The van der Waals surface area contributed by atoms with Gasteiger partial charge in [-0.1, -0.05) is 96.6 Å². The summed E-state index contributed by atoms with van der Waals surface area (Å²) in [5.74, 6) is 0.324. The van der Waals surface area contributed by atoms with Crippen LogP contribution in [0.4, 0.5) is 11.4 Å². The number of halogens is 1. The Hall–Kier alpha value is -4.81. The van der Waals surface area contributed by atoms with Crippen LogP contribution in [0.3, 0.4) is 0 Å². The molecule has 1 N–H and O–H groups in total. The Kier molecular flexibility index (Phi) is 10.4. The van der Waals surface area contributed by atoms with Crippen molar-refractivity contribution < 1.29 is 24.2 Å². The minimum absolute atomic E-state index is 0.0219. The molecular weight excluding hydrogens is 742 g/mol. The fraction of sp³-hybridized carbons (Fsp3) is 0.364. The first-order valence-electron chi connectivity index (χ1n) is 19.4. The van der Waals surface area contributed by atoms with E-state index in [1.54, 1.807) is 7.11 Å². The number of hydrogen-bond acceptors (Lipinski definition) is 7. The SMILES string of the molecule is COc1ccc([Si](C)(C)[C@H]2[C@H](CCn3cc(C(CO)c4ccccc4)nn3)O[C@@]3(C(=O)N(Cc4cccc(N5CCCC5=O)c4)c4ccc(Cl)cc43)[C@@H]2C)cc1. The van der Waals surface area contributed by atoms with Crippen LogP contribution < -0.4 is 19.7 Å². The second-order valence-corrected chi connectivity index (χ2v) is 21.0. The average molecular weight is 790 g/mol. The number of aliphatic hydroxyl groups is 1. The summed E-state index contributed by atoms with van der Waals surface area (Å²) in [5, 5.41) is 21.1. The Morgan fingerprint density at radius 3 is 2.52 bits per heavy atom. The molecule has 10 nitrogen and oxygen atoms in total. The Labute approximate surface area is 334 Å². The van der Waals surface area contributed by atoms with Crippen molar-refractivity contribution in [3.8, 4) is 5.75 Å². The molecule has 0 bridgehead atoms. The van der Waals surface area contributed by atoms with Gasteiger partial charge in [-0.3, -0.25) is 14.3 Å². The summed E-state index contributed by atoms with van der Waals surface area (Å²) in [5.41, 5.74) is 3.79. The fourth-order valence-corrected chi connectivity index (χ4v) is 13.8. The number of aryl methyl sites for hydroxylation is 1. The number of rotatable bonds is 12. The monoisotopic (exact) mass is 789 g/mol. The van der Waals surface area contributed by atoms with Gasteiger partial charge in [-0.2, -0.15) is 0 Å². The zero-order valence-electron chi connectivity index (χ0n) is 32.3. The minimum Gasteiger partial charge on any atom is -0.497 e. The maximum absolute atomic E-state index is 15.3. The first kappa shape index (κ1) is 38.1. The van der Waals surface area contributed by atoms with E-state index in [2.05, 4.69) is 42.5 Å². The molecule has 290 valence electrons. The van der Waals surface area contributed by atoms with Gasteiger partial charge in [0.25, 0.3) is 5.91 Å². The Morgan fingerprint density at radius 2 is 1.80 bits per heavy atom. The molecule has 0 aliphatic carbocycles. The van der Waals surface area contributed by atoms with E-state index in [4.69, 9.17) is 21.1 Å². The lowest BCUT2D eigenvalue weighted by molar-refractivity contribution is -0.146. The number of ether oxygens (including phenoxy) is 2. The highest BCUT2D eigenvalue weighted by atomic mass is 35.5. The van der Waals surface area contributed by atoms with Crippen LogP contribution in [-0.4, -0.2) is 66.4 Å². The summed E-state index contributed by atoms with van der Waals surface area (Å²) < 4.78 is 14.7. The van der Waals surface area contributed by atoms with Crippen molar-refractivity contribution >= 4 is 48.1 Å². The molecule has 4 aromatic carbocycles. The van der Waals surface area contributed by atoms with Gasteiger partial charge in [-0.05, 0) is 72.0 Å². The predicted molar refractivity (Wildman–Crippen MR) is 220 cm³/mol. The summed E-state index contributed by atoms with van der Waals surface area (Å²) in [6.45, 7) is 8.36. The van der Waals surface area contributed by atoms with E-state index >= 15 is 4.79 Å². The molecule has 4 heterocycles. The predicted octanol–water partition coefficient (Wildman–Crippen LogP) is 7.04. The average Bonchev–Trinajstić information content (AvgIpc) is 3.98. The molecule has 5 atom stereocenters. The molecule has 3 aliphatic rings. The van der Waals surface area contributed by atoms with Gasteiger partial charge in [0.1, 0.15) is 5.75 Å². The highest BCUT2D eigenvalue weighted by molar-refractivity contribution is 6.91. The first-order valence-corrected chi connectivity index (χ1v) is 22.9. The zero-order valence-corrected chi connectivity index (χ0v) is 34.0. The van der Waals surface area contributed by atoms with Gasteiger partial charge in [0.05, 0.1) is 51.7 Å². The van der Waals surface area contributed by atoms with Crippen molar-refractivity contribution in [1.29, 1.82) is 0 Å². The summed E-state index contributed by atoms with van der Waals surface area (Å²) >= 11 is 6.75. The van der Waals surface area contributed by atoms with E-state index in [1.807, 2.05) is 106 Å². The fourth-order valence-electron chi connectivity index (χ4n) is 9.54. The highest BCUT2D eigenvalue weighted by Gasteiger charge is 2.66. The van der Waals surface area contributed by atoms with E-state index in [0.717, 1.165) is 40.2 Å². The number of hydrogen-bond donors (Lipinski definition) is 1. The molecule has 2 fully saturated rings. The van der Waals surface area contributed by atoms with Crippen LogP contribution in [0.2, 0.25) is 23.7 Å². The molecule has 1 spiro atoms. The number of methoxy groups -OCH3 is 1. The Balaban J connectivity index is 1.15. The molecule has 12 heteroatoms. The summed E-state index contributed by atoms with van der Waals surface area (Å²) in [7, 11) is -0.721. The largest absolute Gasteiger partial charge is 0.497 e. The van der Waals surface area contributed by atoms with Crippen LogP contribution in [0.5, 0.6) is 5.75 Å². The lowest BCUT2D eigenvalue weighted by Crippen LogP contribution is -2.51. The molecule has 1 aromatic heterocycles. The van der Waals surface area contributed by atoms with Gasteiger partial charge in [0, 0.05) is 47.9 Å². The molecule has 2 amide bonds. The van der Waals surface area contributed by atoms with Crippen molar-refractivity contribution in [2.24, 2.45) is 5.92 Å². The molecule has 1 unspecified atom stereocenters. The second-order valence-electron chi connectivity index (χ2n) is 15.9. The lowest BCUT2D eigenvalue weighted by Gasteiger charge is -2.37. The van der Waals surface area contributed by atoms with Crippen molar-refractivity contribution in [2.75, 3.05) is 30.1 Å². The quantitative estimate of drug-likeness (QED) is 0.135. The molecule has 56 heavy (non-hydrogen) atoms. The number of carbonyl (C=O) groups is 2. The van der Waals surface area contributed by atoms with E-state index in [-0.39, 0.29) is 41.9 Å². The summed E-state index contributed by atoms with van der Waals surface area (Å²) in [6, 6.07) is 31.8. The summed E-state index contributed by atoms with van der Waals surface area (Å²) in [6.07, 6.45) is 3.59. The van der Waals surface area contributed by atoms with Crippen LogP contribution in [0.25, 0.3) is 0 Å². The minimum atomic E-state index is -2.39. The first-order chi connectivity index (χ1) is 27.0. The summed E-state index contributed by atoms with van der Waals surface area (Å²) in [4.78, 5) is 31.6. The maximum Gasteiger partial charge on any atom is 0.264 e. The van der Waals surface area contributed by atoms with Crippen LogP contribution in [0.15, 0.2) is 103 Å². The maximum atomic E-state index is 15.3. The van der Waals surface area contributed by atoms with Gasteiger partial charge in [-0.25, -0.2) is 0 Å². The molecular formula is C44H48ClN5O5Si. The number of nitrogens with zero attached hydrogens (tertiary/aromatic N) is 5. The normalized spacial score (nSPS) is 22.6. The lowest BCUT2D eigenvalue weighted by atomic mass is 9.82. The third-order valence-electron chi connectivity index (χ3n) is 12.4.